The molecule has 0 aliphatic carbocycles. The minimum absolute atomic E-state index is 0.0800. The number of aromatic nitrogens is 4. The molecule has 9 heteroatoms. The zero-order chi connectivity index (χ0) is 20.4. The highest BCUT2D eigenvalue weighted by Crippen LogP contribution is 2.24. The second-order valence-corrected chi connectivity index (χ2v) is 7.18. The average molecular weight is 388 g/mol. The highest BCUT2D eigenvalue weighted by atomic mass is 19.1. The van der Waals surface area contributed by atoms with E-state index in [9.17, 15) is 14.3 Å². The van der Waals surface area contributed by atoms with Crippen LogP contribution in [-0.2, 0) is 11.2 Å². The topological polar surface area (TPSA) is 110 Å². The van der Waals surface area contributed by atoms with Crippen LogP contribution in [0.3, 0.4) is 0 Å². The number of nitrogens with zero attached hydrogens (tertiary/aromatic N) is 5. The minimum atomic E-state index is -0.639. The molecule has 3 rings (SSSR count). The molecule has 3 N–H and O–H groups in total. The van der Waals surface area contributed by atoms with Crippen LogP contribution in [0.25, 0.3) is 16.6 Å². The predicted octanol–water partition coefficient (Wildman–Crippen LogP) is 1.86. The van der Waals surface area contributed by atoms with Crippen molar-refractivity contribution in [1.82, 2.24) is 24.5 Å². The number of anilines is 1. The summed E-state index contributed by atoms with van der Waals surface area (Å²) in [7, 11) is 1.73. The highest BCUT2D eigenvalue weighted by molar-refractivity contribution is 5.94. The van der Waals surface area contributed by atoms with Crippen molar-refractivity contribution in [2.75, 3.05) is 19.3 Å². The maximum atomic E-state index is 13.8. The van der Waals surface area contributed by atoms with E-state index >= 15 is 0 Å². The van der Waals surface area contributed by atoms with Gasteiger partial charge in [-0.3, -0.25) is 4.79 Å². The molecule has 2 heterocycles. The van der Waals surface area contributed by atoms with Gasteiger partial charge in [0.2, 0.25) is 11.9 Å². The highest BCUT2D eigenvalue weighted by Gasteiger charge is 2.15. The number of amides is 1. The Labute approximate surface area is 162 Å². The summed E-state index contributed by atoms with van der Waals surface area (Å²) >= 11 is 0. The number of unbranched alkanes of at least 4 members (excludes halogenated alkanes) is 1. The van der Waals surface area contributed by atoms with E-state index in [1.807, 2.05) is 0 Å². The number of hydrogen-bond acceptors (Lipinski definition) is 6. The summed E-state index contributed by atoms with van der Waals surface area (Å²) in [6.07, 6.45) is 1.65. The first-order chi connectivity index (χ1) is 13.3. The van der Waals surface area contributed by atoms with Gasteiger partial charge in [0, 0.05) is 25.4 Å². The normalized spacial score (nSPS) is 12.6. The van der Waals surface area contributed by atoms with Crippen molar-refractivity contribution in [3.8, 4) is 0 Å². The zero-order valence-corrected chi connectivity index (χ0v) is 16.3. The van der Waals surface area contributed by atoms with Gasteiger partial charge in [-0.1, -0.05) is 0 Å². The molecule has 1 amide bonds. The van der Waals surface area contributed by atoms with Crippen molar-refractivity contribution in [2.24, 2.45) is 0 Å². The maximum absolute atomic E-state index is 13.8. The molecule has 0 aliphatic rings. The maximum Gasteiger partial charge on any atom is 0.224 e. The van der Waals surface area contributed by atoms with Gasteiger partial charge in [0.25, 0.3) is 0 Å². The van der Waals surface area contributed by atoms with Crippen LogP contribution < -0.4 is 5.73 Å². The molecule has 1 atom stereocenters. The van der Waals surface area contributed by atoms with Gasteiger partial charge in [0.05, 0.1) is 18.0 Å². The Morgan fingerprint density at radius 3 is 2.82 bits per heavy atom. The number of hydrogen-bond donors (Lipinski definition) is 2. The number of nitrogen functional groups attached to an aromatic ring is 1. The van der Waals surface area contributed by atoms with Crippen molar-refractivity contribution in [3.05, 3.63) is 29.3 Å². The van der Waals surface area contributed by atoms with Crippen LogP contribution in [0.2, 0.25) is 0 Å². The van der Waals surface area contributed by atoms with E-state index in [4.69, 9.17) is 5.73 Å². The lowest BCUT2D eigenvalue weighted by atomic mass is 10.1. The number of carbonyl (C=O) groups excluding carboxylic acids is 1. The lowest BCUT2D eigenvalue weighted by Gasteiger charge is -2.17. The zero-order valence-electron chi connectivity index (χ0n) is 16.3. The first kappa shape index (κ1) is 19.9. The van der Waals surface area contributed by atoms with Crippen LogP contribution in [0, 0.1) is 12.7 Å². The first-order valence-electron chi connectivity index (χ1n) is 9.29. The minimum Gasteiger partial charge on any atom is -0.393 e. The standard InChI is InChI=1S/C19H25FN6O2/c1-11-8-13(20)10-14-17(11)23-19(21)26-18(14)22-15(24-26)6-4-5-7-25(3)16(28)9-12(2)27/h8,10,12,27H,4-7,9H2,1-3H3,(H2,21,23)/t12-/m1/s1. The number of halogens is 1. The van der Waals surface area contributed by atoms with Crippen molar-refractivity contribution in [1.29, 1.82) is 0 Å². The monoisotopic (exact) mass is 388 g/mol. The molecule has 0 bridgehead atoms. The number of aliphatic hydroxyl groups excluding tert-OH is 1. The van der Waals surface area contributed by atoms with Gasteiger partial charge in [-0.2, -0.15) is 4.52 Å². The van der Waals surface area contributed by atoms with E-state index in [-0.39, 0.29) is 24.1 Å². The number of rotatable bonds is 7. The number of benzene rings is 1. The molecule has 0 saturated carbocycles. The van der Waals surface area contributed by atoms with E-state index in [1.165, 1.54) is 16.6 Å². The summed E-state index contributed by atoms with van der Waals surface area (Å²) in [6, 6.07) is 2.81. The number of fused-ring (bicyclic) bond motifs is 3. The Hall–Kier alpha value is -2.81. The molecule has 0 radical (unpaired) electrons. The van der Waals surface area contributed by atoms with Gasteiger partial charge in [-0.05, 0) is 44.4 Å². The summed E-state index contributed by atoms with van der Waals surface area (Å²) in [4.78, 5) is 22.3. The molecule has 8 nitrogen and oxygen atoms in total. The Bertz CT molecular complexity index is 1020. The lowest BCUT2D eigenvalue weighted by Crippen LogP contribution is -2.30. The largest absolute Gasteiger partial charge is 0.393 e. The van der Waals surface area contributed by atoms with Crippen molar-refractivity contribution >= 4 is 28.4 Å². The van der Waals surface area contributed by atoms with Crippen molar-refractivity contribution < 1.29 is 14.3 Å². The third-order valence-electron chi connectivity index (χ3n) is 4.64. The summed E-state index contributed by atoms with van der Waals surface area (Å²) in [6.45, 7) is 3.97. The number of aliphatic hydroxyl groups is 1. The Balaban J connectivity index is 1.70. The van der Waals surface area contributed by atoms with E-state index in [1.54, 1.807) is 25.8 Å². The Morgan fingerprint density at radius 1 is 1.36 bits per heavy atom. The fourth-order valence-electron chi connectivity index (χ4n) is 3.18. The fraction of sp³-hybridized carbons (Fsp3) is 0.474. The molecule has 3 aromatic rings. The smallest absolute Gasteiger partial charge is 0.224 e. The molecule has 0 saturated heterocycles. The lowest BCUT2D eigenvalue weighted by molar-refractivity contribution is -0.131. The van der Waals surface area contributed by atoms with Gasteiger partial charge in [-0.25, -0.2) is 14.4 Å². The van der Waals surface area contributed by atoms with E-state index in [0.717, 1.165) is 12.8 Å². The summed E-state index contributed by atoms with van der Waals surface area (Å²) in [5.41, 5.74) is 7.80. The predicted molar refractivity (Wildman–Crippen MR) is 104 cm³/mol. The Morgan fingerprint density at radius 2 is 2.11 bits per heavy atom. The summed E-state index contributed by atoms with van der Waals surface area (Å²) < 4.78 is 15.3. The quantitative estimate of drug-likeness (QED) is 0.598. The van der Waals surface area contributed by atoms with Crippen LogP contribution >= 0.6 is 0 Å². The number of carbonyl (C=O) groups is 1. The van der Waals surface area contributed by atoms with Gasteiger partial charge in [-0.15, -0.1) is 5.10 Å². The molecule has 2 aromatic heterocycles. The first-order valence-corrected chi connectivity index (χ1v) is 9.29. The number of aryl methyl sites for hydroxylation is 2. The molecule has 0 spiro atoms. The fourth-order valence-corrected chi connectivity index (χ4v) is 3.18. The van der Waals surface area contributed by atoms with Gasteiger partial charge < -0.3 is 15.7 Å². The molecule has 0 unspecified atom stereocenters. The SMILES string of the molecule is Cc1cc(F)cc2c1nc(N)n1nc(CCCCN(C)C(=O)C[C@@H](C)O)nc21. The molecule has 0 fully saturated rings. The van der Waals surface area contributed by atoms with Crippen LogP contribution in [0.15, 0.2) is 12.1 Å². The summed E-state index contributed by atoms with van der Waals surface area (Å²) in [5.74, 6) is 0.372. The van der Waals surface area contributed by atoms with E-state index < -0.39 is 6.10 Å². The molecule has 28 heavy (non-hydrogen) atoms. The second kappa shape index (κ2) is 8.05. The van der Waals surface area contributed by atoms with E-state index in [0.29, 0.717) is 40.9 Å². The van der Waals surface area contributed by atoms with Gasteiger partial charge >= 0.3 is 0 Å². The van der Waals surface area contributed by atoms with Gasteiger partial charge in [0.15, 0.2) is 11.5 Å². The molecular formula is C19H25FN6O2. The van der Waals surface area contributed by atoms with E-state index in [2.05, 4.69) is 15.1 Å². The van der Waals surface area contributed by atoms with Crippen LogP contribution in [0.4, 0.5) is 10.3 Å². The second-order valence-electron chi connectivity index (χ2n) is 7.18. The molecule has 1 aromatic carbocycles. The average Bonchev–Trinajstić information content (AvgIpc) is 3.04. The summed E-state index contributed by atoms with van der Waals surface area (Å²) in [5, 5.41) is 14.3. The molecule has 0 aliphatic heterocycles. The van der Waals surface area contributed by atoms with Gasteiger partial charge in [0.1, 0.15) is 5.82 Å². The van der Waals surface area contributed by atoms with Crippen LogP contribution in [-0.4, -0.2) is 55.2 Å². The molecule has 150 valence electrons. The third kappa shape index (κ3) is 4.19. The Kier molecular flexibility index (Phi) is 5.73. The van der Waals surface area contributed by atoms with Crippen molar-refractivity contribution in [2.45, 2.75) is 45.6 Å². The number of nitrogens with two attached hydrogens (primary N) is 1. The van der Waals surface area contributed by atoms with Crippen LogP contribution in [0.5, 0.6) is 0 Å². The third-order valence-corrected chi connectivity index (χ3v) is 4.64. The molecular weight excluding hydrogens is 363 g/mol. The van der Waals surface area contributed by atoms with Crippen LogP contribution in [0.1, 0.15) is 37.6 Å². The van der Waals surface area contributed by atoms with Crippen molar-refractivity contribution in [3.63, 3.8) is 0 Å².